The van der Waals surface area contributed by atoms with Crippen LogP contribution in [0.1, 0.15) is 20.8 Å². The van der Waals surface area contributed by atoms with Gasteiger partial charge < -0.3 is 10.1 Å². The fraction of sp³-hybridized carbons (Fsp3) is 0.429. The Hall–Kier alpha value is -1.89. The molecule has 0 atom stereocenters. The molecule has 116 valence electrons. The van der Waals surface area contributed by atoms with Crippen molar-refractivity contribution in [3.8, 4) is 0 Å². The zero-order chi connectivity index (χ0) is 16.1. The summed E-state index contributed by atoms with van der Waals surface area (Å²) in [6.45, 7) is 4.13. The van der Waals surface area contributed by atoms with Crippen LogP contribution >= 0.6 is 0 Å². The number of carbonyl (C=O) groups is 2. The van der Waals surface area contributed by atoms with Crippen molar-refractivity contribution in [2.24, 2.45) is 0 Å². The lowest BCUT2D eigenvalue weighted by molar-refractivity contribution is -0.145. The molecule has 0 heterocycles. The summed E-state index contributed by atoms with van der Waals surface area (Å²) < 4.78 is 27.4. The average molecular weight is 313 g/mol. The molecule has 0 saturated heterocycles. The normalized spacial score (nSPS) is 11.8. The molecule has 1 amide bonds. The third kappa shape index (κ3) is 4.29. The predicted molar refractivity (Wildman–Crippen MR) is 79.6 cm³/mol. The van der Waals surface area contributed by atoms with Gasteiger partial charge in [0.2, 0.25) is 5.91 Å². The number of ether oxygens (including phenoxy) is 1. The molecule has 0 radical (unpaired) electrons. The molecule has 0 bridgehead atoms. The number of rotatable bonds is 6. The molecule has 0 unspecified atom stereocenters. The van der Waals surface area contributed by atoms with Gasteiger partial charge in [0.05, 0.1) is 6.61 Å². The van der Waals surface area contributed by atoms with Gasteiger partial charge in [-0.25, -0.2) is 8.42 Å². The zero-order valence-electron chi connectivity index (χ0n) is 12.3. The van der Waals surface area contributed by atoms with Gasteiger partial charge in [0.25, 0.3) is 0 Å². The lowest BCUT2D eigenvalue weighted by Crippen LogP contribution is -2.45. The number of hydrogen-bond acceptors (Lipinski definition) is 5. The molecule has 0 saturated carbocycles. The Bertz CT molecular complexity index is 608. The van der Waals surface area contributed by atoms with E-state index in [4.69, 9.17) is 4.74 Å². The van der Waals surface area contributed by atoms with Crippen LogP contribution in [0.25, 0.3) is 0 Å². The molecular weight excluding hydrogens is 294 g/mol. The maximum absolute atomic E-state index is 12.2. The second kappa shape index (κ2) is 6.71. The standard InChI is InChI=1S/C14H19NO5S/c1-4-20-13(17)14(2,3)21(18,19)10-12(16)15-11-8-6-5-7-9-11/h5-9H,4,10H2,1-3H3,(H,15,16). The van der Waals surface area contributed by atoms with Gasteiger partial charge in [-0.2, -0.15) is 0 Å². The highest BCUT2D eigenvalue weighted by atomic mass is 32.2. The second-order valence-corrected chi connectivity index (χ2v) is 7.44. The Balaban J connectivity index is 2.80. The smallest absolute Gasteiger partial charge is 0.326 e. The Morgan fingerprint density at radius 3 is 2.29 bits per heavy atom. The largest absolute Gasteiger partial charge is 0.465 e. The number of para-hydroxylation sites is 1. The first-order valence-electron chi connectivity index (χ1n) is 6.45. The molecule has 6 nitrogen and oxygen atoms in total. The van der Waals surface area contributed by atoms with Crippen LogP contribution in [-0.2, 0) is 24.2 Å². The van der Waals surface area contributed by atoms with Gasteiger partial charge in [0.1, 0.15) is 5.75 Å². The highest BCUT2D eigenvalue weighted by molar-refractivity contribution is 7.94. The molecule has 1 aromatic carbocycles. The van der Waals surface area contributed by atoms with Crippen molar-refractivity contribution >= 4 is 27.4 Å². The fourth-order valence-electron chi connectivity index (χ4n) is 1.50. The van der Waals surface area contributed by atoms with Gasteiger partial charge in [-0.3, -0.25) is 9.59 Å². The second-order valence-electron chi connectivity index (χ2n) is 4.90. The first kappa shape index (κ1) is 17.2. The summed E-state index contributed by atoms with van der Waals surface area (Å²) in [5.41, 5.74) is 0.492. The van der Waals surface area contributed by atoms with Gasteiger partial charge in [0.15, 0.2) is 14.6 Å². The maximum Gasteiger partial charge on any atom is 0.326 e. The third-order valence-corrected chi connectivity index (χ3v) is 5.29. The highest BCUT2D eigenvalue weighted by Gasteiger charge is 2.44. The van der Waals surface area contributed by atoms with Crippen molar-refractivity contribution in [1.82, 2.24) is 0 Å². The number of amides is 1. The van der Waals surface area contributed by atoms with Gasteiger partial charge in [-0.05, 0) is 32.9 Å². The summed E-state index contributed by atoms with van der Waals surface area (Å²) in [4.78, 5) is 23.5. The minimum Gasteiger partial charge on any atom is -0.465 e. The lowest BCUT2D eigenvalue weighted by atomic mass is 10.2. The van der Waals surface area contributed by atoms with Crippen molar-refractivity contribution in [1.29, 1.82) is 0 Å². The van der Waals surface area contributed by atoms with Crippen LogP contribution < -0.4 is 5.32 Å². The van der Waals surface area contributed by atoms with Gasteiger partial charge in [0, 0.05) is 5.69 Å². The van der Waals surface area contributed by atoms with E-state index in [9.17, 15) is 18.0 Å². The van der Waals surface area contributed by atoms with E-state index >= 15 is 0 Å². The van der Waals surface area contributed by atoms with Gasteiger partial charge in [-0.15, -0.1) is 0 Å². The number of carbonyl (C=O) groups excluding carboxylic acids is 2. The van der Waals surface area contributed by atoms with E-state index in [0.717, 1.165) is 0 Å². The number of anilines is 1. The summed E-state index contributed by atoms with van der Waals surface area (Å²) in [6, 6.07) is 8.48. The summed E-state index contributed by atoms with van der Waals surface area (Å²) in [5.74, 6) is -2.34. The van der Waals surface area contributed by atoms with Crippen molar-refractivity contribution in [2.75, 3.05) is 17.7 Å². The molecular formula is C14H19NO5S. The van der Waals surface area contributed by atoms with Crippen LogP contribution in [0.4, 0.5) is 5.69 Å². The Labute approximate surface area is 124 Å². The van der Waals surface area contributed by atoms with Crippen LogP contribution in [-0.4, -0.2) is 37.4 Å². The third-order valence-electron chi connectivity index (χ3n) is 2.92. The molecule has 1 N–H and O–H groups in total. The van der Waals surface area contributed by atoms with Gasteiger partial charge >= 0.3 is 5.97 Å². The highest BCUT2D eigenvalue weighted by Crippen LogP contribution is 2.20. The van der Waals surface area contributed by atoms with E-state index in [1.807, 2.05) is 0 Å². The molecule has 0 spiro atoms. The summed E-state index contributed by atoms with van der Waals surface area (Å²) in [5, 5.41) is 2.47. The molecule has 0 aliphatic carbocycles. The Morgan fingerprint density at radius 1 is 1.19 bits per heavy atom. The van der Waals surface area contributed by atoms with E-state index in [1.165, 1.54) is 13.8 Å². The molecule has 1 aromatic rings. The quantitative estimate of drug-likeness (QED) is 0.801. The van der Waals surface area contributed by atoms with Crippen molar-refractivity contribution in [3.63, 3.8) is 0 Å². The molecule has 7 heteroatoms. The monoisotopic (exact) mass is 313 g/mol. The van der Waals surface area contributed by atoms with Crippen LogP contribution in [0.3, 0.4) is 0 Å². The minimum absolute atomic E-state index is 0.0774. The number of nitrogens with one attached hydrogen (secondary N) is 1. The first-order valence-corrected chi connectivity index (χ1v) is 8.10. The molecule has 0 aromatic heterocycles. The van der Waals surface area contributed by atoms with E-state index in [2.05, 4.69) is 5.32 Å². The van der Waals surface area contributed by atoms with E-state index in [-0.39, 0.29) is 6.61 Å². The molecule has 0 aliphatic heterocycles. The fourth-order valence-corrected chi connectivity index (χ4v) is 2.59. The van der Waals surface area contributed by atoms with Crippen LogP contribution in [0.5, 0.6) is 0 Å². The summed E-state index contributed by atoms with van der Waals surface area (Å²) in [7, 11) is -3.99. The summed E-state index contributed by atoms with van der Waals surface area (Å²) in [6.07, 6.45) is 0. The van der Waals surface area contributed by atoms with Crippen LogP contribution in [0, 0.1) is 0 Å². The van der Waals surface area contributed by atoms with Crippen LogP contribution in [0.15, 0.2) is 30.3 Å². The lowest BCUT2D eigenvalue weighted by Gasteiger charge is -2.22. The van der Waals surface area contributed by atoms with Gasteiger partial charge in [-0.1, -0.05) is 18.2 Å². The topological polar surface area (TPSA) is 89.5 Å². The molecule has 0 fully saturated rings. The SMILES string of the molecule is CCOC(=O)C(C)(C)S(=O)(=O)CC(=O)Nc1ccccc1. The number of esters is 1. The minimum atomic E-state index is -3.99. The number of hydrogen-bond donors (Lipinski definition) is 1. The Kier molecular flexibility index (Phi) is 5.48. The van der Waals surface area contributed by atoms with Crippen molar-refractivity contribution < 1.29 is 22.7 Å². The summed E-state index contributed by atoms with van der Waals surface area (Å²) >= 11 is 0. The van der Waals surface area contributed by atoms with Crippen LogP contribution in [0.2, 0.25) is 0 Å². The van der Waals surface area contributed by atoms with E-state index < -0.39 is 32.2 Å². The Morgan fingerprint density at radius 2 is 1.76 bits per heavy atom. The molecule has 0 aliphatic rings. The van der Waals surface area contributed by atoms with E-state index in [1.54, 1.807) is 37.3 Å². The number of sulfone groups is 1. The first-order chi connectivity index (χ1) is 9.70. The predicted octanol–water partition coefficient (Wildman–Crippen LogP) is 1.38. The molecule has 1 rings (SSSR count). The van der Waals surface area contributed by atoms with Crippen molar-refractivity contribution in [2.45, 2.75) is 25.5 Å². The average Bonchev–Trinajstić information content (AvgIpc) is 2.39. The zero-order valence-corrected chi connectivity index (χ0v) is 13.1. The van der Waals surface area contributed by atoms with Crippen molar-refractivity contribution in [3.05, 3.63) is 30.3 Å². The number of benzene rings is 1. The van der Waals surface area contributed by atoms with E-state index in [0.29, 0.717) is 5.69 Å². The maximum atomic E-state index is 12.2. The molecule has 21 heavy (non-hydrogen) atoms.